The Hall–Kier alpha value is -2.32. The smallest absolute Gasteiger partial charge is 0.387 e. The molecule has 3 unspecified atom stereocenters. The molecule has 0 bridgehead atoms. The van der Waals surface area contributed by atoms with Gasteiger partial charge in [0.05, 0.1) is 39.9 Å². The third-order valence-corrected chi connectivity index (χ3v) is 13.4. The van der Waals surface area contributed by atoms with E-state index in [0.29, 0.717) is 17.4 Å². The van der Waals surface area contributed by atoms with Crippen molar-refractivity contribution >= 4 is 13.7 Å². The number of aliphatic hydroxyl groups excluding tert-OH is 1. The van der Waals surface area contributed by atoms with Crippen molar-refractivity contribution in [2.24, 2.45) is 0 Å². The molecule has 0 aliphatic rings. The number of carbonyl (C=O) groups excluding carboxylic acids is 1. The van der Waals surface area contributed by atoms with E-state index in [-0.39, 0.29) is 19.1 Å². The third-order valence-electron chi connectivity index (χ3n) is 12.4. The number of rotatable bonds is 51. The second kappa shape index (κ2) is 50.6. The number of amides is 1. The maximum Gasteiger partial charge on any atom is 0.472 e. The Morgan fingerprint density at radius 3 is 1.28 bits per heavy atom. The Morgan fingerprint density at radius 1 is 0.507 bits per heavy atom. The van der Waals surface area contributed by atoms with Crippen LogP contribution in [0, 0.1) is 0 Å². The number of unbranched alkanes of at least 4 members (excludes halogenated alkanes) is 26. The third kappa shape index (κ3) is 53.3. The highest BCUT2D eigenvalue weighted by atomic mass is 31.2. The van der Waals surface area contributed by atoms with E-state index < -0.39 is 20.0 Å². The lowest BCUT2D eigenvalue weighted by Gasteiger charge is -2.25. The Morgan fingerprint density at radius 2 is 0.870 bits per heavy atom. The minimum absolute atomic E-state index is 0.0543. The molecule has 0 aromatic carbocycles. The number of quaternary nitrogens is 1. The molecule has 0 radical (unpaired) electrons. The van der Waals surface area contributed by atoms with Crippen molar-refractivity contribution in [3.8, 4) is 0 Å². The highest BCUT2D eigenvalue weighted by Crippen LogP contribution is 2.43. The van der Waals surface area contributed by atoms with Crippen molar-refractivity contribution < 1.29 is 32.9 Å². The molecule has 8 nitrogen and oxygen atoms in total. The van der Waals surface area contributed by atoms with Gasteiger partial charge in [-0.05, 0) is 70.6 Å². The molecule has 400 valence electrons. The topological polar surface area (TPSA) is 105 Å². The second-order valence-electron chi connectivity index (χ2n) is 20.3. The highest BCUT2D eigenvalue weighted by Gasteiger charge is 2.27. The lowest BCUT2D eigenvalue weighted by Crippen LogP contribution is -2.45. The normalized spacial score (nSPS) is 14.6. The first-order valence-electron chi connectivity index (χ1n) is 28.5. The fourth-order valence-electron chi connectivity index (χ4n) is 7.93. The van der Waals surface area contributed by atoms with Crippen molar-refractivity contribution in [1.29, 1.82) is 0 Å². The maximum absolute atomic E-state index is 13.0. The Kier molecular flexibility index (Phi) is 48.9. The molecule has 0 rings (SSSR count). The van der Waals surface area contributed by atoms with E-state index in [2.05, 4.69) is 92.1 Å². The van der Waals surface area contributed by atoms with Gasteiger partial charge in [0.15, 0.2) is 0 Å². The summed E-state index contributed by atoms with van der Waals surface area (Å²) in [6, 6.07) is -0.861. The van der Waals surface area contributed by atoms with Crippen molar-refractivity contribution in [2.45, 2.75) is 251 Å². The van der Waals surface area contributed by atoms with Crippen LogP contribution in [0.5, 0.6) is 0 Å². The number of phosphoric ester groups is 1. The molecule has 3 N–H and O–H groups in total. The summed E-state index contributed by atoms with van der Waals surface area (Å²) < 4.78 is 23.7. The lowest BCUT2D eigenvalue weighted by molar-refractivity contribution is -0.870. The Bertz CT molecular complexity index is 1400. The molecule has 0 aromatic heterocycles. The largest absolute Gasteiger partial charge is 0.472 e. The van der Waals surface area contributed by atoms with Gasteiger partial charge in [0, 0.05) is 6.42 Å². The van der Waals surface area contributed by atoms with E-state index in [1.54, 1.807) is 6.08 Å². The number of nitrogens with zero attached hydrogens (tertiary/aromatic N) is 1. The second-order valence-corrected chi connectivity index (χ2v) is 21.7. The van der Waals surface area contributed by atoms with E-state index in [4.69, 9.17) is 9.05 Å². The molecule has 0 aliphatic heterocycles. The van der Waals surface area contributed by atoms with Crippen LogP contribution in [0.4, 0.5) is 0 Å². The molecule has 0 aliphatic carbocycles. The molecule has 1 amide bonds. The van der Waals surface area contributed by atoms with Crippen LogP contribution in [-0.2, 0) is 18.4 Å². The number of likely N-dealkylation sites (N-methyl/N-ethyl adjacent to an activating group) is 1. The van der Waals surface area contributed by atoms with Crippen LogP contribution >= 0.6 is 7.82 Å². The van der Waals surface area contributed by atoms with Crippen LogP contribution in [-0.4, -0.2) is 73.4 Å². The average molecular weight is 987 g/mol. The van der Waals surface area contributed by atoms with Crippen LogP contribution in [0.3, 0.4) is 0 Å². The molecule has 69 heavy (non-hydrogen) atoms. The zero-order chi connectivity index (χ0) is 50.6. The molecular formula is C60H110N2O6P+. The fourth-order valence-corrected chi connectivity index (χ4v) is 8.66. The molecule has 0 saturated heterocycles. The van der Waals surface area contributed by atoms with Crippen LogP contribution in [0.2, 0.25) is 0 Å². The zero-order valence-corrected chi connectivity index (χ0v) is 46.4. The molecule has 0 saturated carbocycles. The zero-order valence-electron chi connectivity index (χ0n) is 45.5. The summed E-state index contributed by atoms with van der Waals surface area (Å²) in [5.74, 6) is -0.193. The van der Waals surface area contributed by atoms with Gasteiger partial charge in [0.1, 0.15) is 13.2 Å². The van der Waals surface area contributed by atoms with Gasteiger partial charge in [-0.3, -0.25) is 13.8 Å². The molecule has 0 aromatic rings. The monoisotopic (exact) mass is 986 g/mol. The van der Waals surface area contributed by atoms with Crippen LogP contribution in [0.15, 0.2) is 85.1 Å². The average Bonchev–Trinajstić information content (AvgIpc) is 3.31. The van der Waals surface area contributed by atoms with Gasteiger partial charge in [-0.25, -0.2) is 4.57 Å². The van der Waals surface area contributed by atoms with Gasteiger partial charge < -0.3 is 19.8 Å². The predicted molar refractivity (Wildman–Crippen MR) is 299 cm³/mol. The minimum atomic E-state index is -4.36. The number of carbonyl (C=O) groups is 1. The van der Waals surface area contributed by atoms with E-state index in [0.717, 1.165) is 89.9 Å². The quantitative estimate of drug-likeness (QED) is 0.0243. The Labute approximate surface area is 426 Å². The Balaban J connectivity index is 4.30. The summed E-state index contributed by atoms with van der Waals surface area (Å²) in [4.78, 5) is 23.3. The van der Waals surface area contributed by atoms with Crippen molar-refractivity contribution in [2.75, 3.05) is 40.9 Å². The van der Waals surface area contributed by atoms with Crippen molar-refractivity contribution in [3.05, 3.63) is 85.1 Å². The molecular weight excluding hydrogens is 876 g/mol. The molecule has 9 heteroatoms. The predicted octanol–water partition coefficient (Wildman–Crippen LogP) is 17.3. The van der Waals surface area contributed by atoms with E-state index >= 15 is 0 Å². The number of phosphoric acid groups is 1. The van der Waals surface area contributed by atoms with Gasteiger partial charge in [-0.15, -0.1) is 0 Å². The van der Waals surface area contributed by atoms with Crippen LogP contribution in [0.1, 0.15) is 239 Å². The van der Waals surface area contributed by atoms with Crippen LogP contribution in [0.25, 0.3) is 0 Å². The summed E-state index contributed by atoms with van der Waals surface area (Å²) in [5.41, 5.74) is 0. The van der Waals surface area contributed by atoms with E-state index in [1.165, 1.54) is 128 Å². The van der Waals surface area contributed by atoms with E-state index in [9.17, 15) is 19.4 Å². The van der Waals surface area contributed by atoms with Crippen molar-refractivity contribution in [3.63, 3.8) is 0 Å². The fraction of sp³-hybridized carbons (Fsp3) is 0.750. The number of aliphatic hydroxyl groups is 1. The number of allylic oxidation sites excluding steroid dienone is 13. The van der Waals surface area contributed by atoms with Gasteiger partial charge in [-0.2, -0.15) is 0 Å². The van der Waals surface area contributed by atoms with Gasteiger partial charge in [0.2, 0.25) is 5.91 Å². The molecule has 0 fully saturated rings. The molecule has 0 heterocycles. The first-order valence-corrected chi connectivity index (χ1v) is 30.0. The highest BCUT2D eigenvalue weighted by molar-refractivity contribution is 7.47. The van der Waals surface area contributed by atoms with Crippen LogP contribution < -0.4 is 5.32 Å². The number of hydrogen-bond donors (Lipinski definition) is 3. The summed E-state index contributed by atoms with van der Waals surface area (Å²) >= 11 is 0. The van der Waals surface area contributed by atoms with Gasteiger partial charge >= 0.3 is 7.82 Å². The summed E-state index contributed by atoms with van der Waals surface area (Å²) in [6.45, 7) is 4.70. The first-order chi connectivity index (χ1) is 33.5. The number of nitrogens with one attached hydrogen (secondary N) is 1. The van der Waals surface area contributed by atoms with Crippen molar-refractivity contribution in [1.82, 2.24) is 5.32 Å². The molecule has 0 spiro atoms. The minimum Gasteiger partial charge on any atom is -0.387 e. The lowest BCUT2D eigenvalue weighted by atomic mass is 10.0. The maximum atomic E-state index is 13.0. The SMILES string of the molecule is CC/C=C\C/C=C\C/C=C\C/C=C\C/C=C\C/C=C\CCCCCCCCC(=O)NC(COP(=O)(O)OCC[N+](C)(C)C)C(O)/C=C/CCCCCCCCCCCCCCCCCCCCCC. The summed E-state index contributed by atoms with van der Waals surface area (Å²) in [5, 5.41) is 13.9. The number of hydrogen-bond acceptors (Lipinski definition) is 5. The summed E-state index contributed by atoms with van der Waals surface area (Å²) in [7, 11) is 1.55. The molecule has 3 atom stereocenters. The summed E-state index contributed by atoms with van der Waals surface area (Å²) in [6.07, 6.45) is 71.0. The van der Waals surface area contributed by atoms with E-state index in [1.807, 2.05) is 27.2 Å². The van der Waals surface area contributed by atoms with Gasteiger partial charge in [-0.1, -0.05) is 247 Å². The van der Waals surface area contributed by atoms with Gasteiger partial charge in [0.25, 0.3) is 0 Å². The first kappa shape index (κ1) is 66.7. The standard InChI is InChI=1S/C60H109N2O6P/c1-6-8-10-12-14-16-18-20-22-24-26-28-30-31-32-34-36-38-40-42-44-46-48-50-52-54-60(64)61-58(57-68-69(65,66)67-56-55-62(3,4)5)59(63)53-51-49-47-45-43-41-39-37-35-33-29-27-25-23-21-19-17-15-13-11-9-7-2/h8,10,14,16,20,22,26,28,31-32,36,38,51,53,58-59,63H,6-7,9,11-13,15,17-19,21,23-25,27,29-30,33-35,37,39-50,52,54-57H2,1-5H3,(H-,61,64,65,66)/p+1/b10-8-,16-14-,22-20-,28-26-,32-31-,38-36-,53-51+.